The van der Waals surface area contributed by atoms with E-state index in [1.54, 1.807) is 29.9 Å². The molecule has 9 heteroatoms. The van der Waals surface area contributed by atoms with Crippen molar-refractivity contribution in [3.8, 4) is 11.5 Å². The Balaban J connectivity index is 2.18. The van der Waals surface area contributed by atoms with E-state index in [1.165, 1.54) is 0 Å². The van der Waals surface area contributed by atoms with Crippen LogP contribution >= 0.6 is 12.2 Å². The molecule has 1 aromatic heterocycles. The molecule has 0 aliphatic heterocycles. The Morgan fingerprint density at radius 1 is 1.27 bits per heavy atom. The van der Waals surface area contributed by atoms with Gasteiger partial charge in [-0.3, -0.25) is 5.10 Å². The normalized spacial score (nSPS) is 10.9. The lowest BCUT2D eigenvalue weighted by Crippen LogP contribution is -2.15. The van der Waals surface area contributed by atoms with E-state index in [-0.39, 0.29) is 6.61 Å². The fourth-order valence-corrected chi connectivity index (χ4v) is 2.33. The number of aromatic nitrogens is 3. The highest BCUT2D eigenvalue weighted by Crippen LogP contribution is 2.28. The van der Waals surface area contributed by atoms with Crippen LogP contribution in [-0.4, -0.2) is 46.9 Å². The van der Waals surface area contributed by atoms with E-state index in [0.717, 1.165) is 11.4 Å². The molecule has 0 aliphatic carbocycles. The van der Waals surface area contributed by atoms with Gasteiger partial charge in [-0.25, -0.2) is 4.79 Å². The molecular formula is C17H22N4O4S. The maximum Gasteiger partial charge on any atom is 0.344 e. The quantitative estimate of drug-likeness (QED) is 0.410. The van der Waals surface area contributed by atoms with Crippen LogP contribution in [0.15, 0.2) is 23.3 Å². The van der Waals surface area contributed by atoms with Gasteiger partial charge in [0.05, 0.1) is 19.4 Å². The maximum atomic E-state index is 11.4. The molecule has 0 amide bonds. The number of carbonyl (C=O) groups excluding carboxylic acids is 1. The monoisotopic (exact) mass is 378 g/mol. The minimum atomic E-state index is -0.429. The van der Waals surface area contributed by atoms with Crippen LogP contribution in [0.1, 0.15) is 32.2 Å². The maximum absolute atomic E-state index is 11.4. The molecule has 26 heavy (non-hydrogen) atoms. The second kappa shape index (κ2) is 9.71. The van der Waals surface area contributed by atoms with E-state index in [0.29, 0.717) is 35.9 Å². The number of hydrogen-bond donors (Lipinski definition) is 1. The Hall–Kier alpha value is -2.68. The van der Waals surface area contributed by atoms with E-state index in [4.69, 9.17) is 26.4 Å². The average Bonchev–Trinajstić information content (AvgIpc) is 2.99. The first kappa shape index (κ1) is 19.6. The van der Waals surface area contributed by atoms with Gasteiger partial charge in [-0.1, -0.05) is 6.92 Å². The highest BCUT2D eigenvalue weighted by molar-refractivity contribution is 7.71. The highest BCUT2D eigenvalue weighted by atomic mass is 32.1. The van der Waals surface area contributed by atoms with Gasteiger partial charge in [0.1, 0.15) is 0 Å². The standard InChI is InChI=1S/C17H22N4O4S/c1-4-15-19-20-17(26)21(15)18-10-12-7-8-13(14(9-12)23-5-2)25-11-16(22)24-6-3/h7-10H,4-6,11H2,1-3H3,(H,20,26)/b18-10-. The van der Waals surface area contributed by atoms with Crippen molar-refractivity contribution in [3.05, 3.63) is 34.4 Å². The van der Waals surface area contributed by atoms with Gasteiger partial charge in [0, 0.05) is 6.42 Å². The van der Waals surface area contributed by atoms with Crippen LogP contribution in [0.3, 0.4) is 0 Å². The zero-order chi connectivity index (χ0) is 18.9. The Labute approximate surface area is 156 Å². The second-order valence-corrected chi connectivity index (χ2v) is 5.47. The van der Waals surface area contributed by atoms with Crippen LogP contribution in [0.4, 0.5) is 0 Å². The van der Waals surface area contributed by atoms with E-state index in [1.807, 2.05) is 19.9 Å². The lowest BCUT2D eigenvalue weighted by Gasteiger charge is -2.12. The summed E-state index contributed by atoms with van der Waals surface area (Å²) in [7, 11) is 0. The lowest BCUT2D eigenvalue weighted by atomic mass is 10.2. The van der Waals surface area contributed by atoms with Crippen molar-refractivity contribution >= 4 is 24.4 Å². The van der Waals surface area contributed by atoms with Gasteiger partial charge in [-0.15, -0.1) is 0 Å². The third kappa shape index (κ3) is 5.16. The SMILES string of the molecule is CCOC(=O)COc1ccc(/C=N\n2c(CC)n[nH]c2=S)cc1OCC. The minimum Gasteiger partial charge on any atom is -0.490 e. The minimum absolute atomic E-state index is 0.175. The zero-order valence-electron chi connectivity index (χ0n) is 15.0. The van der Waals surface area contributed by atoms with Gasteiger partial charge in [-0.2, -0.15) is 14.9 Å². The number of esters is 1. The Morgan fingerprint density at radius 2 is 2.08 bits per heavy atom. The summed E-state index contributed by atoms with van der Waals surface area (Å²) in [6, 6.07) is 5.31. The molecule has 0 fully saturated rings. The largest absolute Gasteiger partial charge is 0.490 e. The van der Waals surface area contributed by atoms with Crippen molar-refractivity contribution in [2.24, 2.45) is 5.10 Å². The molecule has 0 atom stereocenters. The summed E-state index contributed by atoms with van der Waals surface area (Å²) < 4.78 is 17.9. The summed E-state index contributed by atoms with van der Waals surface area (Å²) in [4.78, 5) is 11.4. The summed E-state index contributed by atoms with van der Waals surface area (Å²) in [5, 5.41) is 11.2. The summed E-state index contributed by atoms with van der Waals surface area (Å²) in [6.45, 7) is 6.18. The smallest absolute Gasteiger partial charge is 0.344 e. The molecule has 0 bridgehead atoms. The van der Waals surface area contributed by atoms with Crippen molar-refractivity contribution in [3.63, 3.8) is 0 Å². The number of aryl methyl sites for hydroxylation is 1. The molecule has 140 valence electrons. The third-order valence-electron chi connectivity index (χ3n) is 3.27. The summed E-state index contributed by atoms with van der Waals surface area (Å²) in [5.74, 6) is 1.30. The molecular weight excluding hydrogens is 356 g/mol. The van der Waals surface area contributed by atoms with Crippen molar-refractivity contribution in [2.45, 2.75) is 27.2 Å². The number of rotatable bonds is 9. The molecule has 0 saturated carbocycles. The number of nitrogens with zero attached hydrogens (tertiary/aromatic N) is 3. The first-order valence-electron chi connectivity index (χ1n) is 8.34. The van der Waals surface area contributed by atoms with E-state index in [9.17, 15) is 4.79 Å². The number of aromatic amines is 1. The van der Waals surface area contributed by atoms with Gasteiger partial charge in [0.15, 0.2) is 23.9 Å². The fraction of sp³-hybridized carbons (Fsp3) is 0.412. The van der Waals surface area contributed by atoms with Crippen molar-refractivity contribution in [1.29, 1.82) is 0 Å². The molecule has 0 radical (unpaired) electrons. The molecule has 2 rings (SSSR count). The number of ether oxygens (including phenoxy) is 3. The predicted octanol–water partition coefficient (Wildman–Crippen LogP) is 2.73. The zero-order valence-corrected chi connectivity index (χ0v) is 15.8. The number of nitrogens with one attached hydrogen (secondary N) is 1. The average molecular weight is 378 g/mol. The molecule has 0 aliphatic rings. The van der Waals surface area contributed by atoms with Crippen molar-refractivity contribution in [1.82, 2.24) is 14.9 Å². The van der Waals surface area contributed by atoms with E-state index < -0.39 is 5.97 Å². The molecule has 1 aromatic carbocycles. The van der Waals surface area contributed by atoms with Crippen LogP contribution < -0.4 is 9.47 Å². The summed E-state index contributed by atoms with van der Waals surface area (Å²) in [6.07, 6.45) is 2.36. The molecule has 0 unspecified atom stereocenters. The number of H-pyrrole nitrogens is 1. The second-order valence-electron chi connectivity index (χ2n) is 5.09. The van der Waals surface area contributed by atoms with Crippen LogP contribution in [-0.2, 0) is 16.0 Å². The summed E-state index contributed by atoms with van der Waals surface area (Å²) >= 11 is 5.17. The summed E-state index contributed by atoms with van der Waals surface area (Å²) in [5.41, 5.74) is 0.794. The van der Waals surface area contributed by atoms with Gasteiger partial charge in [-0.05, 0) is 49.8 Å². The third-order valence-corrected chi connectivity index (χ3v) is 3.54. The first-order chi connectivity index (χ1) is 12.6. The molecule has 0 spiro atoms. The van der Waals surface area contributed by atoms with Crippen LogP contribution in [0, 0.1) is 4.77 Å². The molecule has 1 heterocycles. The van der Waals surface area contributed by atoms with Gasteiger partial charge < -0.3 is 14.2 Å². The highest BCUT2D eigenvalue weighted by Gasteiger charge is 2.09. The number of carbonyl (C=O) groups is 1. The Bertz CT molecular complexity index is 828. The number of benzene rings is 1. The van der Waals surface area contributed by atoms with Crippen LogP contribution in [0.25, 0.3) is 0 Å². The van der Waals surface area contributed by atoms with Crippen molar-refractivity contribution < 1.29 is 19.0 Å². The van der Waals surface area contributed by atoms with Gasteiger partial charge in [0.25, 0.3) is 0 Å². The topological polar surface area (TPSA) is 90.7 Å². The molecule has 8 nitrogen and oxygen atoms in total. The Kier molecular flexibility index (Phi) is 7.34. The Morgan fingerprint density at radius 3 is 2.77 bits per heavy atom. The van der Waals surface area contributed by atoms with Crippen molar-refractivity contribution in [2.75, 3.05) is 19.8 Å². The van der Waals surface area contributed by atoms with E-state index in [2.05, 4.69) is 15.3 Å². The molecule has 1 N–H and O–H groups in total. The first-order valence-corrected chi connectivity index (χ1v) is 8.75. The fourth-order valence-electron chi connectivity index (χ4n) is 2.13. The van der Waals surface area contributed by atoms with Crippen LogP contribution in [0.2, 0.25) is 0 Å². The number of hydrogen-bond acceptors (Lipinski definition) is 7. The molecule has 0 saturated heterocycles. The predicted molar refractivity (Wildman–Crippen MR) is 99.5 cm³/mol. The van der Waals surface area contributed by atoms with E-state index >= 15 is 0 Å². The van der Waals surface area contributed by atoms with Crippen LogP contribution in [0.5, 0.6) is 11.5 Å². The van der Waals surface area contributed by atoms with Gasteiger partial charge >= 0.3 is 5.97 Å². The molecule has 2 aromatic rings. The van der Waals surface area contributed by atoms with Gasteiger partial charge in [0.2, 0.25) is 4.77 Å². The lowest BCUT2D eigenvalue weighted by molar-refractivity contribution is -0.145.